The first kappa shape index (κ1) is 13.3. The second-order valence-corrected chi connectivity index (χ2v) is 5.51. The number of fused-ring (bicyclic) bond motifs is 1. The molecule has 0 aromatic carbocycles. The minimum Gasteiger partial charge on any atom is -0.468 e. The van der Waals surface area contributed by atoms with Crippen LogP contribution in [0, 0.1) is 0 Å². The predicted octanol–water partition coefficient (Wildman–Crippen LogP) is 1.97. The summed E-state index contributed by atoms with van der Waals surface area (Å²) in [5.41, 5.74) is 0.743. The number of likely N-dealkylation sites (tertiary alicyclic amines) is 1. The van der Waals surface area contributed by atoms with Gasteiger partial charge >= 0.3 is 0 Å². The van der Waals surface area contributed by atoms with Gasteiger partial charge in [-0.15, -0.1) is 15.3 Å². The topological polar surface area (TPSA) is 71.5 Å². The molecule has 4 heterocycles. The Hall–Kier alpha value is -2.41. The van der Waals surface area contributed by atoms with Gasteiger partial charge in [-0.2, -0.15) is 4.52 Å². The molecule has 1 atom stereocenters. The summed E-state index contributed by atoms with van der Waals surface area (Å²) in [5, 5.41) is 15.6. The number of nitrogens with zero attached hydrogens (tertiary/aromatic N) is 5. The SMILES string of the molecule is c1coc([C@H](CNc2ccc3nncn3n2)N2CCCC2)c1. The van der Waals surface area contributed by atoms with E-state index in [1.807, 2.05) is 24.3 Å². The maximum Gasteiger partial charge on any atom is 0.177 e. The summed E-state index contributed by atoms with van der Waals surface area (Å²) in [6.07, 6.45) is 5.84. The first-order valence-corrected chi connectivity index (χ1v) is 7.58. The highest BCUT2D eigenvalue weighted by Crippen LogP contribution is 2.25. The Morgan fingerprint density at radius 1 is 1.23 bits per heavy atom. The zero-order valence-electron chi connectivity index (χ0n) is 12.2. The van der Waals surface area contributed by atoms with Crippen molar-refractivity contribution >= 4 is 11.5 Å². The van der Waals surface area contributed by atoms with Crippen LogP contribution in [0.15, 0.2) is 41.3 Å². The van der Waals surface area contributed by atoms with E-state index in [1.165, 1.54) is 12.8 Å². The van der Waals surface area contributed by atoms with Crippen LogP contribution in [-0.2, 0) is 0 Å². The van der Waals surface area contributed by atoms with Crippen molar-refractivity contribution in [3.05, 3.63) is 42.6 Å². The maximum atomic E-state index is 5.63. The van der Waals surface area contributed by atoms with Crippen LogP contribution in [0.1, 0.15) is 24.6 Å². The Morgan fingerprint density at radius 3 is 2.95 bits per heavy atom. The smallest absolute Gasteiger partial charge is 0.177 e. The monoisotopic (exact) mass is 298 g/mol. The summed E-state index contributed by atoms with van der Waals surface area (Å²) in [4.78, 5) is 2.46. The second kappa shape index (κ2) is 5.76. The summed E-state index contributed by atoms with van der Waals surface area (Å²) in [7, 11) is 0. The molecule has 0 aliphatic carbocycles. The number of nitrogens with one attached hydrogen (secondary N) is 1. The summed E-state index contributed by atoms with van der Waals surface area (Å²) >= 11 is 0. The van der Waals surface area contributed by atoms with Gasteiger partial charge in [-0.25, -0.2) is 0 Å². The van der Waals surface area contributed by atoms with Gasteiger partial charge in [0.25, 0.3) is 0 Å². The van der Waals surface area contributed by atoms with Crippen molar-refractivity contribution in [3.8, 4) is 0 Å². The Kier molecular flexibility index (Phi) is 3.48. The molecule has 3 aromatic rings. The molecule has 114 valence electrons. The van der Waals surface area contributed by atoms with E-state index in [-0.39, 0.29) is 6.04 Å². The molecule has 0 bridgehead atoms. The van der Waals surface area contributed by atoms with E-state index in [0.29, 0.717) is 0 Å². The third-order valence-corrected chi connectivity index (χ3v) is 4.09. The van der Waals surface area contributed by atoms with E-state index in [9.17, 15) is 0 Å². The zero-order valence-corrected chi connectivity index (χ0v) is 12.2. The normalized spacial score (nSPS) is 17.1. The molecule has 7 heteroatoms. The summed E-state index contributed by atoms with van der Waals surface area (Å²) in [6, 6.07) is 8.05. The van der Waals surface area contributed by atoms with Crippen LogP contribution >= 0.6 is 0 Å². The highest BCUT2D eigenvalue weighted by atomic mass is 16.3. The lowest BCUT2D eigenvalue weighted by Gasteiger charge is -2.26. The van der Waals surface area contributed by atoms with E-state index in [0.717, 1.165) is 36.9 Å². The molecule has 4 rings (SSSR count). The fourth-order valence-electron chi connectivity index (χ4n) is 2.97. The van der Waals surface area contributed by atoms with Gasteiger partial charge in [0.2, 0.25) is 0 Å². The quantitative estimate of drug-likeness (QED) is 0.776. The third kappa shape index (κ3) is 2.55. The maximum absolute atomic E-state index is 5.63. The Bertz CT molecular complexity index is 731. The number of anilines is 1. The van der Waals surface area contributed by atoms with Crippen LogP contribution in [-0.4, -0.2) is 44.3 Å². The minimum atomic E-state index is 0.232. The van der Waals surface area contributed by atoms with E-state index in [1.54, 1.807) is 17.1 Å². The average Bonchev–Trinajstić information content (AvgIpc) is 3.30. The summed E-state index contributed by atoms with van der Waals surface area (Å²) in [5.74, 6) is 1.81. The number of furan rings is 1. The number of hydrogen-bond donors (Lipinski definition) is 1. The molecule has 0 radical (unpaired) electrons. The number of aromatic nitrogens is 4. The highest BCUT2D eigenvalue weighted by molar-refractivity contribution is 5.43. The summed E-state index contributed by atoms with van der Waals surface area (Å²) < 4.78 is 7.29. The molecule has 1 aliphatic rings. The Labute approximate surface area is 127 Å². The van der Waals surface area contributed by atoms with Crippen LogP contribution in [0.4, 0.5) is 5.82 Å². The molecule has 1 fully saturated rings. The molecule has 1 N–H and O–H groups in total. The van der Waals surface area contributed by atoms with E-state index in [4.69, 9.17) is 4.42 Å². The number of hydrogen-bond acceptors (Lipinski definition) is 6. The molecular weight excluding hydrogens is 280 g/mol. The molecule has 3 aromatic heterocycles. The van der Waals surface area contributed by atoms with Crippen molar-refractivity contribution in [1.29, 1.82) is 0 Å². The van der Waals surface area contributed by atoms with Gasteiger partial charge < -0.3 is 9.73 Å². The number of rotatable bonds is 5. The lowest BCUT2D eigenvalue weighted by Crippen LogP contribution is -2.31. The van der Waals surface area contributed by atoms with Gasteiger partial charge in [0.1, 0.15) is 17.9 Å². The van der Waals surface area contributed by atoms with Crippen molar-refractivity contribution < 1.29 is 4.42 Å². The molecule has 22 heavy (non-hydrogen) atoms. The standard InChI is InChI=1S/C15H18N6O/c1-2-8-20(7-1)12(13-4-3-9-22-13)10-16-14-5-6-15-18-17-11-21(15)19-14/h3-6,9,11-12H,1-2,7-8,10H2,(H,16,19)/t12-/m0/s1. The average molecular weight is 298 g/mol. The molecule has 7 nitrogen and oxygen atoms in total. The van der Waals surface area contributed by atoms with Gasteiger partial charge in [-0.1, -0.05) is 0 Å². The third-order valence-electron chi connectivity index (χ3n) is 4.09. The fourth-order valence-corrected chi connectivity index (χ4v) is 2.97. The summed E-state index contributed by atoms with van der Waals surface area (Å²) in [6.45, 7) is 2.99. The predicted molar refractivity (Wildman–Crippen MR) is 81.5 cm³/mol. The first-order chi connectivity index (χ1) is 10.9. The largest absolute Gasteiger partial charge is 0.468 e. The van der Waals surface area contributed by atoms with Crippen LogP contribution < -0.4 is 5.32 Å². The molecular formula is C15H18N6O. The van der Waals surface area contributed by atoms with E-state index >= 15 is 0 Å². The molecule has 0 amide bonds. The van der Waals surface area contributed by atoms with Gasteiger partial charge in [0.05, 0.1) is 12.3 Å². The Morgan fingerprint density at radius 2 is 2.14 bits per heavy atom. The van der Waals surface area contributed by atoms with Crippen LogP contribution in [0.2, 0.25) is 0 Å². The fraction of sp³-hybridized carbons (Fsp3) is 0.400. The lowest BCUT2D eigenvalue weighted by molar-refractivity contribution is 0.225. The highest BCUT2D eigenvalue weighted by Gasteiger charge is 2.25. The first-order valence-electron chi connectivity index (χ1n) is 7.58. The van der Waals surface area contributed by atoms with Gasteiger partial charge in [0, 0.05) is 6.54 Å². The van der Waals surface area contributed by atoms with E-state index in [2.05, 4.69) is 25.5 Å². The van der Waals surface area contributed by atoms with Crippen molar-refractivity contribution in [2.45, 2.75) is 18.9 Å². The molecule has 0 unspecified atom stereocenters. The van der Waals surface area contributed by atoms with Crippen molar-refractivity contribution in [3.63, 3.8) is 0 Å². The van der Waals surface area contributed by atoms with Gasteiger partial charge in [0.15, 0.2) is 5.65 Å². The van der Waals surface area contributed by atoms with Crippen molar-refractivity contribution in [2.24, 2.45) is 0 Å². The zero-order chi connectivity index (χ0) is 14.8. The Balaban J connectivity index is 1.51. The lowest BCUT2D eigenvalue weighted by atomic mass is 10.2. The molecule has 1 aliphatic heterocycles. The van der Waals surface area contributed by atoms with Gasteiger partial charge in [-0.05, 0) is 50.2 Å². The van der Waals surface area contributed by atoms with Crippen LogP contribution in [0.5, 0.6) is 0 Å². The molecule has 0 spiro atoms. The second-order valence-electron chi connectivity index (χ2n) is 5.51. The molecule has 0 saturated carbocycles. The van der Waals surface area contributed by atoms with Crippen LogP contribution in [0.3, 0.4) is 0 Å². The van der Waals surface area contributed by atoms with Crippen LogP contribution in [0.25, 0.3) is 5.65 Å². The molecule has 1 saturated heterocycles. The van der Waals surface area contributed by atoms with E-state index < -0.39 is 0 Å². The van der Waals surface area contributed by atoms with Crippen molar-refractivity contribution in [1.82, 2.24) is 24.7 Å². The van der Waals surface area contributed by atoms with Crippen molar-refractivity contribution in [2.75, 3.05) is 25.0 Å². The van der Waals surface area contributed by atoms with Gasteiger partial charge in [-0.3, -0.25) is 4.90 Å². The minimum absolute atomic E-state index is 0.232.